The lowest BCUT2D eigenvalue weighted by Gasteiger charge is -2.21. The van der Waals surface area contributed by atoms with Crippen molar-refractivity contribution in [2.75, 3.05) is 39.6 Å². The van der Waals surface area contributed by atoms with E-state index in [1.165, 1.54) is 180 Å². The van der Waals surface area contributed by atoms with Gasteiger partial charge in [-0.3, -0.25) is 37.3 Å². The summed E-state index contributed by atoms with van der Waals surface area (Å²) in [5.41, 5.74) is 0. The van der Waals surface area contributed by atoms with Gasteiger partial charge in [-0.15, -0.1) is 0 Å². The molecule has 0 aromatic rings. The van der Waals surface area contributed by atoms with E-state index < -0.39 is 97.5 Å². The fourth-order valence-electron chi connectivity index (χ4n) is 11.2. The molecule has 93 heavy (non-hydrogen) atoms. The lowest BCUT2D eigenvalue weighted by atomic mass is 9.99. The third-order valence-electron chi connectivity index (χ3n) is 17.9. The van der Waals surface area contributed by atoms with Crippen molar-refractivity contribution in [2.24, 2.45) is 17.8 Å². The second-order valence-corrected chi connectivity index (χ2v) is 30.6. The summed E-state index contributed by atoms with van der Waals surface area (Å²) in [6, 6.07) is 0. The van der Waals surface area contributed by atoms with E-state index in [1.54, 1.807) is 0 Å². The summed E-state index contributed by atoms with van der Waals surface area (Å²) in [6.07, 6.45) is 50.0. The van der Waals surface area contributed by atoms with E-state index in [2.05, 4.69) is 48.5 Å². The summed E-state index contributed by atoms with van der Waals surface area (Å²) in [5.74, 6) is 0.120. The largest absolute Gasteiger partial charge is 0.472 e. The van der Waals surface area contributed by atoms with Crippen LogP contribution in [0.2, 0.25) is 0 Å². The van der Waals surface area contributed by atoms with Gasteiger partial charge in [-0.25, -0.2) is 9.13 Å². The first-order valence-corrected chi connectivity index (χ1v) is 41.4. The van der Waals surface area contributed by atoms with Crippen molar-refractivity contribution in [3.63, 3.8) is 0 Å². The van der Waals surface area contributed by atoms with E-state index in [9.17, 15) is 43.2 Å². The third kappa shape index (κ3) is 65.8. The lowest BCUT2D eigenvalue weighted by molar-refractivity contribution is -0.161. The number of unbranched alkanes of at least 4 members (excludes halogenated alkanes) is 38. The maximum Gasteiger partial charge on any atom is 0.472 e. The van der Waals surface area contributed by atoms with Crippen LogP contribution in [0.25, 0.3) is 0 Å². The topological polar surface area (TPSA) is 237 Å². The number of rotatable bonds is 72. The van der Waals surface area contributed by atoms with E-state index in [0.29, 0.717) is 25.7 Å². The van der Waals surface area contributed by atoms with Crippen LogP contribution in [0.4, 0.5) is 0 Å². The average Bonchev–Trinajstić information content (AvgIpc) is 1.94. The Morgan fingerprint density at radius 1 is 0.312 bits per heavy atom. The number of aliphatic hydroxyl groups excluding tert-OH is 1. The standard InChI is InChI=1S/C74H144O17P2/c1-8-11-12-13-14-15-16-17-18-19-20-21-22-23-24-27-34-43-50-57-73(78)90-69(61-84-71(76)55-48-41-33-28-25-26-31-38-45-52-65(4)5)63-88-92(80,81)86-59-68(75)60-87-93(82,83)89-64-70(62-85-72(77)56-49-42-37-36-40-47-54-67(7)10-3)91-74(79)58-51-44-35-30-29-32-39-46-53-66(6)9-2/h65-70,75H,8-64H2,1-7H3,(H,80,81)(H,82,83)/t66?,67?,68-,69-,70-/m1/s1. The minimum absolute atomic E-state index is 0.104. The zero-order valence-corrected chi connectivity index (χ0v) is 62.5. The van der Waals surface area contributed by atoms with Crippen LogP contribution in [0.1, 0.15) is 376 Å². The molecule has 0 aliphatic rings. The molecule has 0 aromatic carbocycles. The number of hydrogen-bond acceptors (Lipinski definition) is 15. The molecule has 3 N–H and O–H groups in total. The zero-order chi connectivity index (χ0) is 68.7. The molecule has 0 bridgehead atoms. The van der Waals surface area contributed by atoms with E-state index in [0.717, 1.165) is 114 Å². The van der Waals surface area contributed by atoms with Crippen LogP contribution in [-0.4, -0.2) is 96.7 Å². The molecule has 0 aliphatic carbocycles. The van der Waals surface area contributed by atoms with Gasteiger partial charge >= 0.3 is 39.5 Å². The van der Waals surface area contributed by atoms with Gasteiger partial charge < -0.3 is 33.8 Å². The van der Waals surface area contributed by atoms with Crippen molar-refractivity contribution >= 4 is 39.5 Å². The number of hydrogen-bond donors (Lipinski definition) is 3. The van der Waals surface area contributed by atoms with Gasteiger partial charge in [-0.1, -0.05) is 325 Å². The molecule has 0 aromatic heterocycles. The molecule has 19 heteroatoms. The highest BCUT2D eigenvalue weighted by molar-refractivity contribution is 7.47. The number of carbonyl (C=O) groups is 4. The predicted octanol–water partition coefficient (Wildman–Crippen LogP) is 21.4. The van der Waals surface area contributed by atoms with Gasteiger partial charge in [0.1, 0.15) is 19.3 Å². The average molecular weight is 1370 g/mol. The van der Waals surface area contributed by atoms with Crippen molar-refractivity contribution in [1.29, 1.82) is 0 Å². The Kier molecular flexibility index (Phi) is 63.4. The Balaban J connectivity index is 5.23. The van der Waals surface area contributed by atoms with E-state index >= 15 is 0 Å². The van der Waals surface area contributed by atoms with Gasteiger partial charge in [0.2, 0.25) is 0 Å². The molecule has 0 spiro atoms. The number of phosphoric acid groups is 2. The summed E-state index contributed by atoms with van der Waals surface area (Å²) in [6.45, 7) is 11.8. The maximum atomic E-state index is 13.1. The summed E-state index contributed by atoms with van der Waals surface area (Å²) < 4.78 is 68.4. The number of aliphatic hydroxyl groups is 1. The Bertz CT molecular complexity index is 1820. The minimum Gasteiger partial charge on any atom is -0.462 e. The molecule has 4 unspecified atom stereocenters. The highest BCUT2D eigenvalue weighted by atomic mass is 31.2. The first-order valence-electron chi connectivity index (χ1n) is 38.4. The van der Waals surface area contributed by atoms with Crippen molar-refractivity contribution in [3.8, 4) is 0 Å². The molecule has 0 heterocycles. The fraction of sp³-hybridized carbons (Fsp3) is 0.946. The van der Waals surface area contributed by atoms with Gasteiger partial charge in [0, 0.05) is 25.7 Å². The van der Waals surface area contributed by atoms with Crippen LogP contribution in [0, 0.1) is 17.8 Å². The normalized spacial score (nSPS) is 14.7. The minimum atomic E-state index is -4.96. The van der Waals surface area contributed by atoms with Gasteiger partial charge in [-0.05, 0) is 43.4 Å². The lowest BCUT2D eigenvalue weighted by Crippen LogP contribution is -2.30. The number of ether oxygens (including phenoxy) is 4. The Morgan fingerprint density at radius 3 is 0.817 bits per heavy atom. The summed E-state index contributed by atoms with van der Waals surface area (Å²) >= 11 is 0. The summed E-state index contributed by atoms with van der Waals surface area (Å²) in [4.78, 5) is 72.7. The highest BCUT2D eigenvalue weighted by Crippen LogP contribution is 2.45. The van der Waals surface area contributed by atoms with Gasteiger partial charge in [0.05, 0.1) is 26.4 Å². The van der Waals surface area contributed by atoms with Crippen LogP contribution in [-0.2, 0) is 65.4 Å². The van der Waals surface area contributed by atoms with Crippen molar-refractivity contribution in [2.45, 2.75) is 394 Å². The quantitative estimate of drug-likeness (QED) is 0.0222. The third-order valence-corrected chi connectivity index (χ3v) is 19.8. The highest BCUT2D eigenvalue weighted by Gasteiger charge is 2.30. The second kappa shape index (κ2) is 64.7. The molecule has 552 valence electrons. The number of phosphoric ester groups is 2. The molecule has 0 rings (SSSR count). The maximum absolute atomic E-state index is 13.1. The molecule has 0 radical (unpaired) electrons. The molecular weight excluding hydrogens is 1220 g/mol. The Labute approximate surface area is 568 Å². The summed E-state index contributed by atoms with van der Waals surface area (Å²) in [5, 5.41) is 10.6. The fourth-order valence-corrected chi connectivity index (χ4v) is 12.8. The van der Waals surface area contributed by atoms with Crippen LogP contribution in [0.15, 0.2) is 0 Å². The van der Waals surface area contributed by atoms with Crippen molar-refractivity contribution in [1.82, 2.24) is 0 Å². The Hall–Kier alpha value is -1.94. The molecular formula is C74H144O17P2. The second-order valence-electron chi connectivity index (χ2n) is 27.6. The molecule has 0 saturated heterocycles. The molecule has 17 nitrogen and oxygen atoms in total. The molecule has 0 amide bonds. The zero-order valence-electron chi connectivity index (χ0n) is 60.7. The Morgan fingerprint density at radius 2 is 0.548 bits per heavy atom. The van der Waals surface area contributed by atoms with E-state index in [1.807, 2.05) is 0 Å². The van der Waals surface area contributed by atoms with Gasteiger partial charge in [0.25, 0.3) is 0 Å². The smallest absolute Gasteiger partial charge is 0.462 e. The van der Waals surface area contributed by atoms with Crippen LogP contribution in [0.5, 0.6) is 0 Å². The van der Waals surface area contributed by atoms with E-state index in [4.69, 9.17) is 37.0 Å². The van der Waals surface area contributed by atoms with Crippen LogP contribution < -0.4 is 0 Å². The number of carbonyl (C=O) groups excluding carboxylic acids is 4. The molecule has 0 fully saturated rings. The van der Waals surface area contributed by atoms with Gasteiger partial charge in [-0.2, -0.15) is 0 Å². The van der Waals surface area contributed by atoms with Crippen molar-refractivity contribution in [3.05, 3.63) is 0 Å². The molecule has 0 saturated carbocycles. The monoisotopic (exact) mass is 1370 g/mol. The van der Waals surface area contributed by atoms with Gasteiger partial charge in [0.15, 0.2) is 12.2 Å². The van der Waals surface area contributed by atoms with Crippen molar-refractivity contribution < 1.29 is 80.2 Å². The first-order chi connectivity index (χ1) is 44.8. The number of esters is 4. The van der Waals surface area contributed by atoms with E-state index in [-0.39, 0.29) is 25.7 Å². The summed E-state index contributed by atoms with van der Waals surface area (Å²) in [7, 11) is -9.91. The molecule has 7 atom stereocenters. The SMILES string of the molecule is CCCCCCCCCCCCCCCCCCCCCC(=O)O[C@H](COC(=O)CCCCCCCCCCCC(C)C)COP(=O)(O)OC[C@@H](O)COP(=O)(O)OC[C@@H](COC(=O)CCCCCCCCC(C)CC)OC(=O)CCCCCCCCCCC(C)CC. The predicted molar refractivity (Wildman–Crippen MR) is 377 cm³/mol. The molecule has 0 aliphatic heterocycles. The van der Waals surface area contributed by atoms with Crippen LogP contribution in [0.3, 0.4) is 0 Å². The van der Waals surface area contributed by atoms with Crippen LogP contribution >= 0.6 is 15.6 Å². The first kappa shape index (κ1) is 91.1.